The molecule has 0 atom stereocenters. The van der Waals surface area contributed by atoms with Gasteiger partial charge < -0.3 is 10.1 Å². The standard InChI is InChI=1S/C18H16ClN5O/c1-11-15(19)17-22-16(13-7-3-4-8-14(13)24(17)23-11)21-10-12-6-5-9-20-18(12)25-2/h3-9H,10H2,1-2H3,(H,21,22). The van der Waals surface area contributed by atoms with Crippen LogP contribution in [0.4, 0.5) is 5.82 Å². The smallest absolute Gasteiger partial charge is 0.218 e. The van der Waals surface area contributed by atoms with E-state index in [-0.39, 0.29) is 0 Å². The van der Waals surface area contributed by atoms with E-state index in [4.69, 9.17) is 21.3 Å². The largest absolute Gasteiger partial charge is 0.481 e. The monoisotopic (exact) mass is 353 g/mol. The van der Waals surface area contributed by atoms with Gasteiger partial charge in [0.05, 0.1) is 18.3 Å². The lowest BCUT2D eigenvalue weighted by atomic mass is 10.2. The third-order valence-electron chi connectivity index (χ3n) is 4.06. The molecular weight excluding hydrogens is 338 g/mol. The van der Waals surface area contributed by atoms with Gasteiger partial charge in [0, 0.05) is 23.7 Å². The normalized spacial score (nSPS) is 11.2. The van der Waals surface area contributed by atoms with Crippen LogP contribution >= 0.6 is 11.6 Å². The van der Waals surface area contributed by atoms with Crippen LogP contribution in [0, 0.1) is 6.92 Å². The van der Waals surface area contributed by atoms with Crippen LogP contribution in [0.3, 0.4) is 0 Å². The first-order valence-corrected chi connectivity index (χ1v) is 8.22. The molecule has 0 spiro atoms. The van der Waals surface area contributed by atoms with Crippen molar-refractivity contribution in [1.29, 1.82) is 0 Å². The number of fused-ring (bicyclic) bond motifs is 3. The lowest BCUT2D eigenvalue weighted by molar-refractivity contribution is 0.393. The van der Waals surface area contributed by atoms with E-state index in [0.717, 1.165) is 28.0 Å². The predicted octanol–water partition coefficient (Wildman–Crippen LogP) is 3.86. The molecule has 0 radical (unpaired) electrons. The lowest BCUT2D eigenvalue weighted by Crippen LogP contribution is -2.06. The number of hydrogen-bond donors (Lipinski definition) is 1. The first-order chi connectivity index (χ1) is 12.2. The molecule has 1 N–H and O–H groups in total. The number of hydrogen-bond acceptors (Lipinski definition) is 5. The fourth-order valence-corrected chi connectivity index (χ4v) is 3.00. The first kappa shape index (κ1) is 15.7. The maximum Gasteiger partial charge on any atom is 0.218 e. The molecule has 0 fully saturated rings. The molecule has 126 valence electrons. The second kappa shape index (κ2) is 6.22. The molecule has 0 aliphatic heterocycles. The van der Waals surface area contributed by atoms with Crippen LogP contribution in [-0.2, 0) is 6.54 Å². The Hall–Kier alpha value is -2.86. The van der Waals surface area contributed by atoms with Crippen molar-refractivity contribution >= 4 is 34.0 Å². The summed E-state index contributed by atoms with van der Waals surface area (Å²) in [4.78, 5) is 8.91. The summed E-state index contributed by atoms with van der Waals surface area (Å²) < 4.78 is 7.09. The Bertz CT molecular complexity index is 1080. The van der Waals surface area contributed by atoms with Gasteiger partial charge >= 0.3 is 0 Å². The molecule has 6 nitrogen and oxygen atoms in total. The fourth-order valence-electron chi connectivity index (χ4n) is 2.84. The van der Waals surface area contributed by atoms with E-state index in [1.165, 1.54) is 0 Å². The fraction of sp³-hybridized carbons (Fsp3) is 0.167. The molecular formula is C18H16ClN5O. The van der Waals surface area contributed by atoms with Gasteiger partial charge in [-0.15, -0.1) is 0 Å². The highest BCUT2D eigenvalue weighted by molar-refractivity contribution is 6.34. The second-order valence-electron chi connectivity index (χ2n) is 5.64. The molecule has 3 heterocycles. The number of halogens is 1. The van der Waals surface area contributed by atoms with Gasteiger partial charge in [-0.1, -0.05) is 29.8 Å². The van der Waals surface area contributed by atoms with Crippen molar-refractivity contribution < 1.29 is 4.74 Å². The van der Waals surface area contributed by atoms with Crippen LogP contribution in [0.1, 0.15) is 11.3 Å². The molecule has 4 rings (SSSR count). The first-order valence-electron chi connectivity index (χ1n) is 7.84. The van der Waals surface area contributed by atoms with E-state index in [0.29, 0.717) is 23.1 Å². The molecule has 7 heteroatoms. The van der Waals surface area contributed by atoms with Crippen molar-refractivity contribution in [2.75, 3.05) is 12.4 Å². The molecule has 25 heavy (non-hydrogen) atoms. The summed E-state index contributed by atoms with van der Waals surface area (Å²) in [5.41, 5.74) is 3.29. The Kier molecular flexibility index (Phi) is 3.89. The number of aryl methyl sites for hydroxylation is 1. The lowest BCUT2D eigenvalue weighted by Gasteiger charge is -2.12. The van der Waals surface area contributed by atoms with E-state index in [1.54, 1.807) is 17.8 Å². The molecule has 0 unspecified atom stereocenters. The van der Waals surface area contributed by atoms with Crippen LogP contribution in [0.5, 0.6) is 5.88 Å². The Morgan fingerprint density at radius 2 is 2.04 bits per heavy atom. The average Bonchev–Trinajstić information content (AvgIpc) is 2.94. The summed E-state index contributed by atoms with van der Waals surface area (Å²) in [7, 11) is 1.61. The van der Waals surface area contributed by atoms with E-state index < -0.39 is 0 Å². The Labute approximate surface area is 149 Å². The summed E-state index contributed by atoms with van der Waals surface area (Å²) in [6, 6.07) is 11.8. The van der Waals surface area contributed by atoms with E-state index in [2.05, 4.69) is 15.4 Å². The number of anilines is 1. The van der Waals surface area contributed by atoms with Gasteiger partial charge in [0.1, 0.15) is 10.8 Å². The van der Waals surface area contributed by atoms with Gasteiger partial charge in [0.15, 0.2) is 5.65 Å². The van der Waals surface area contributed by atoms with Crippen molar-refractivity contribution in [3.8, 4) is 5.88 Å². The van der Waals surface area contributed by atoms with E-state index in [1.807, 2.05) is 43.3 Å². The van der Waals surface area contributed by atoms with Gasteiger partial charge in [0.25, 0.3) is 0 Å². The molecule has 0 amide bonds. The quantitative estimate of drug-likeness (QED) is 0.603. The molecule has 0 saturated heterocycles. The van der Waals surface area contributed by atoms with Crippen LogP contribution < -0.4 is 10.1 Å². The Morgan fingerprint density at radius 1 is 1.20 bits per heavy atom. The zero-order valence-corrected chi connectivity index (χ0v) is 14.6. The van der Waals surface area contributed by atoms with Crippen molar-refractivity contribution in [2.45, 2.75) is 13.5 Å². The number of ether oxygens (including phenoxy) is 1. The van der Waals surface area contributed by atoms with Crippen molar-refractivity contribution in [3.05, 3.63) is 58.9 Å². The van der Waals surface area contributed by atoms with Gasteiger partial charge in [-0.2, -0.15) is 5.10 Å². The average molecular weight is 354 g/mol. The molecule has 3 aromatic heterocycles. The number of nitrogens with one attached hydrogen (secondary N) is 1. The number of para-hydroxylation sites is 1. The minimum absolute atomic E-state index is 0.537. The minimum atomic E-state index is 0.537. The van der Waals surface area contributed by atoms with Crippen molar-refractivity contribution in [3.63, 3.8) is 0 Å². The zero-order chi connectivity index (χ0) is 17.4. The highest BCUT2D eigenvalue weighted by atomic mass is 35.5. The van der Waals surface area contributed by atoms with Gasteiger partial charge in [0.2, 0.25) is 5.88 Å². The van der Waals surface area contributed by atoms with Gasteiger partial charge in [-0.25, -0.2) is 14.5 Å². The Morgan fingerprint density at radius 3 is 2.88 bits per heavy atom. The molecule has 0 saturated carbocycles. The summed E-state index contributed by atoms with van der Waals surface area (Å²) >= 11 is 6.38. The summed E-state index contributed by atoms with van der Waals surface area (Å²) in [6.07, 6.45) is 1.71. The van der Waals surface area contributed by atoms with Gasteiger partial charge in [-0.05, 0) is 25.1 Å². The Balaban J connectivity index is 1.81. The highest BCUT2D eigenvalue weighted by Gasteiger charge is 2.14. The number of benzene rings is 1. The number of pyridine rings is 1. The maximum atomic E-state index is 6.38. The number of nitrogens with zero attached hydrogens (tertiary/aromatic N) is 4. The van der Waals surface area contributed by atoms with Gasteiger partial charge in [-0.3, -0.25) is 0 Å². The maximum absolute atomic E-state index is 6.38. The molecule has 0 aliphatic rings. The predicted molar refractivity (Wildman–Crippen MR) is 98.4 cm³/mol. The van der Waals surface area contributed by atoms with Crippen molar-refractivity contribution in [1.82, 2.24) is 19.6 Å². The summed E-state index contributed by atoms with van der Waals surface area (Å²) in [6.45, 7) is 2.41. The minimum Gasteiger partial charge on any atom is -0.481 e. The van der Waals surface area contributed by atoms with Crippen molar-refractivity contribution in [2.24, 2.45) is 0 Å². The number of aromatic nitrogens is 4. The number of methoxy groups -OCH3 is 1. The highest BCUT2D eigenvalue weighted by Crippen LogP contribution is 2.28. The van der Waals surface area contributed by atoms with Crippen LogP contribution in [0.15, 0.2) is 42.6 Å². The van der Waals surface area contributed by atoms with Crippen LogP contribution in [-0.4, -0.2) is 26.7 Å². The molecule has 0 aliphatic carbocycles. The second-order valence-corrected chi connectivity index (χ2v) is 6.02. The molecule has 0 bridgehead atoms. The van der Waals surface area contributed by atoms with E-state index >= 15 is 0 Å². The topological polar surface area (TPSA) is 64.3 Å². The third-order valence-corrected chi connectivity index (χ3v) is 4.50. The zero-order valence-electron chi connectivity index (χ0n) is 13.8. The van der Waals surface area contributed by atoms with Crippen LogP contribution in [0.25, 0.3) is 16.6 Å². The SMILES string of the molecule is COc1ncccc1CNc1nc2c(Cl)c(C)nn2c2ccccc12. The van der Waals surface area contributed by atoms with E-state index in [9.17, 15) is 0 Å². The van der Waals surface area contributed by atoms with Crippen LogP contribution in [0.2, 0.25) is 5.02 Å². The third kappa shape index (κ3) is 2.64. The molecule has 1 aromatic carbocycles. The number of rotatable bonds is 4. The molecule has 4 aromatic rings. The summed E-state index contributed by atoms with van der Waals surface area (Å²) in [5, 5.41) is 9.40. The summed E-state index contributed by atoms with van der Waals surface area (Å²) in [5.74, 6) is 1.34.